The highest BCUT2D eigenvalue weighted by Crippen LogP contribution is 2.68. The van der Waals surface area contributed by atoms with E-state index in [9.17, 15) is 34.8 Å². The number of rotatable bonds is 5. The topological polar surface area (TPSA) is 169 Å². The van der Waals surface area contributed by atoms with Gasteiger partial charge in [0.2, 0.25) is 0 Å². The fourth-order valence-electron chi connectivity index (χ4n) is 8.35. The van der Waals surface area contributed by atoms with Crippen LogP contribution in [0.1, 0.15) is 64.7 Å². The molecular weight excluding hydrogens is 548 g/mol. The lowest BCUT2D eigenvalue weighted by molar-refractivity contribution is -0.351. The maximum absolute atomic E-state index is 13.4. The zero-order chi connectivity index (χ0) is 31.0. The fourth-order valence-corrected chi connectivity index (χ4v) is 8.35. The van der Waals surface area contributed by atoms with Gasteiger partial charge in [-0.15, -0.1) is 0 Å². The third-order valence-electron chi connectivity index (χ3n) is 10.3. The summed E-state index contributed by atoms with van der Waals surface area (Å²) in [6.07, 6.45) is -7.94. The Morgan fingerprint density at radius 2 is 1.67 bits per heavy atom. The van der Waals surface area contributed by atoms with Crippen molar-refractivity contribution >= 4 is 17.9 Å². The van der Waals surface area contributed by atoms with E-state index in [-0.39, 0.29) is 30.6 Å². The second-order valence-electron chi connectivity index (χ2n) is 13.0. The average molecular weight is 589 g/mol. The largest absolute Gasteiger partial charge is 0.461 e. The summed E-state index contributed by atoms with van der Waals surface area (Å²) < 4.78 is 24.1. The standard InChI is InChI=1S/C31H40O11/c1-15-19(34)13-30(28(4,5)38)22(15)23(35)25(36)29(6)20(41-27(37)18-10-8-7-9-11-18)12-21-31(14-39-21,42-17(3)33)24(29)26(30)40-16(2)32/h7-11,19-21,23-26,34-36,38H,12-14H2,1-6H3/t19-,20-,21-,23+,24?,25-,26+,29-,30-,31-/m0/s1. The molecule has 1 aliphatic heterocycles. The smallest absolute Gasteiger partial charge is 0.338 e. The van der Waals surface area contributed by atoms with Gasteiger partial charge in [0.1, 0.15) is 24.4 Å². The van der Waals surface area contributed by atoms with Gasteiger partial charge in [0, 0.05) is 25.7 Å². The number of aliphatic hydroxyl groups is 4. The van der Waals surface area contributed by atoms with E-state index in [0.29, 0.717) is 5.57 Å². The Kier molecular flexibility index (Phi) is 7.38. The third kappa shape index (κ3) is 4.16. The number of carbonyl (C=O) groups is 3. The van der Waals surface area contributed by atoms with Crippen LogP contribution in [0.25, 0.3) is 0 Å². The predicted octanol–water partition coefficient (Wildman–Crippen LogP) is 1.44. The van der Waals surface area contributed by atoms with Crippen LogP contribution < -0.4 is 0 Å². The Labute approximate surface area is 244 Å². The highest BCUT2D eigenvalue weighted by Gasteiger charge is 2.79. The predicted molar refractivity (Wildman–Crippen MR) is 146 cm³/mol. The van der Waals surface area contributed by atoms with Crippen LogP contribution in [0, 0.1) is 16.7 Å². The van der Waals surface area contributed by atoms with Crippen LogP contribution in [-0.2, 0) is 28.5 Å². The highest BCUT2D eigenvalue weighted by molar-refractivity contribution is 5.89. The van der Waals surface area contributed by atoms with Gasteiger partial charge in [-0.2, -0.15) is 0 Å². The van der Waals surface area contributed by atoms with E-state index < -0.39 is 82.5 Å². The number of hydrogen-bond acceptors (Lipinski definition) is 11. The van der Waals surface area contributed by atoms with Crippen LogP contribution in [0.15, 0.2) is 41.5 Å². The van der Waals surface area contributed by atoms with Crippen molar-refractivity contribution in [2.45, 2.75) is 102 Å². The average Bonchev–Trinajstić information content (AvgIpc) is 3.15. The molecule has 1 aromatic rings. The Hall–Kier alpha value is -2.83. The van der Waals surface area contributed by atoms with Crippen molar-refractivity contribution in [3.8, 4) is 0 Å². The second-order valence-corrected chi connectivity index (χ2v) is 13.0. The van der Waals surface area contributed by atoms with Crippen LogP contribution in [-0.4, -0.2) is 92.8 Å². The van der Waals surface area contributed by atoms with Crippen molar-refractivity contribution in [2.24, 2.45) is 16.7 Å². The Morgan fingerprint density at radius 1 is 1.02 bits per heavy atom. The van der Waals surface area contributed by atoms with Gasteiger partial charge < -0.3 is 39.4 Å². The molecule has 42 heavy (non-hydrogen) atoms. The molecule has 1 saturated heterocycles. The van der Waals surface area contributed by atoms with E-state index in [1.807, 2.05) is 0 Å². The summed E-state index contributed by atoms with van der Waals surface area (Å²) in [5, 5.41) is 47.1. The van der Waals surface area contributed by atoms with E-state index in [2.05, 4.69) is 0 Å². The molecule has 11 nitrogen and oxygen atoms in total. The summed E-state index contributed by atoms with van der Waals surface area (Å²) in [5.41, 5.74) is -5.74. The van der Waals surface area contributed by atoms with Crippen LogP contribution in [0.3, 0.4) is 0 Å². The van der Waals surface area contributed by atoms with Gasteiger partial charge in [0.05, 0.1) is 41.3 Å². The normalized spacial score (nSPS) is 41.0. The minimum absolute atomic E-state index is 0.00555. The van der Waals surface area contributed by atoms with E-state index in [4.69, 9.17) is 18.9 Å². The van der Waals surface area contributed by atoms with E-state index in [0.717, 1.165) is 0 Å². The van der Waals surface area contributed by atoms with Crippen molar-refractivity contribution in [3.05, 3.63) is 47.0 Å². The first-order valence-corrected chi connectivity index (χ1v) is 14.2. The first-order valence-electron chi connectivity index (χ1n) is 14.2. The lowest BCUT2D eigenvalue weighted by Crippen LogP contribution is -2.79. The molecule has 1 aromatic carbocycles. The van der Waals surface area contributed by atoms with Gasteiger partial charge >= 0.3 is 17.9 Å². The van der Waals surface area contributed by atoms with E-state index in [1.165, 1.54) is 27.7 Å². The maximum Gasteiger partial charge on any atom is 0.338 e. The molecule has 5 rings (SSSR count). The molecule has 11 heteroatoms. The van der Waals surface area contributed by atoms with Gasteiger partial charge in [-0.3, -0.25) is 9.59 Å². The summed E-state index contributed by atoms with van der Waals surface area (Å²) in [6.45, 7) is 8.47. The molecule has 0 spiro atoms. The molecule has 3 aliphatic carbocycles. The number of aliphatic hydroxyl groups excluding tert-OH is 3. The number of ether oxygens (including phenoxy) is 4. The molecule has 10 atom stereocenters. The molecule has 230 valence electrons. The Morgan fingerprint density at radius 3 is 2.19 bits per heavy atom. The Bertz CT molecular complexity index is 1300. The van der Waals surface area contributed by atoms with Crippen molar-refractivity contribution < 1.29 is 53.8 Å². The van der Waals surface area contributed by atoms with Gasteiger partial charge in [0.15, 0.2) is 5.60 Å². The molecule has 2 saturated carbocycles. The summed E-state index contributed by atoms with van der Waals surface area (Å²) in [4.78, 5) is 38.8. The molecule has 0 amide bonds. The highest BCUT2D eigenvalue weighted by atomic mass is 16.6. The summed E-state index contributed by atoms with van der Waals surface area (Å²) in [5.74, 6) is -3.22. The fraction of sp³-hybridized carbons (Fsp3) is 0.645. The zero-order valence-corrected chi connectivity index (χ0v) is 24.7. The van der Waals surface area contributed by atoms with Crippen molar-refractivity contribution in [1.29, 1.82) is 0 Å². The SMILES string of the molecule is CC(=O)O[C@@H]1C2[C@](C)([C@@H](OC(=O)c3ccccc3)C[C@@H]3OC[C@@]23OC(C)=O)[C@@H](O)[C@H](O)C2=C(C)[C@@H](O)C[C@]21C(C)(C)O. The minimum atomic E-state index is -1.74. The van der Waals surface area contributed by atoms with Crippen LogP contribution >= 0.6 is 0 Å². The van der Waals surface area contributed by atoms with Gasteiger partial charge in [-0.25, -0.2) is 4.79 Å². The molecule has 3 fully saturated rings. The summed E-state index contributed by atoms with van der Waals surface area (Å²) >= 11 is 0. The minimum Gasteiger partial charge on any atom is -0.461 e. The number of carbonyl (C=O) groups excluding carboxylic acids is 3. The zero-order valence-electron chi connectivity index (χ0n) is 24.7. The maximum atomic E-state index is 13.4. The summed E-state index contributed by atoms with van der Waals surface area (Å²) in [7, 11) is 0. The third-order valence-corrected chi connectivity index (χ3v) is 10.3. The van der Waals surface area contributed by atoms with Crippen LogP contribution in [0.2, 0.25) is 0 Å². The lowest BCUT2D eigenvalue weighted by Gasteiger charge is -2.65. The number of esters is 3. The molecule has 4 aliphatic rings. The van der Waals surface area contributed by atoms with Crippen LogP contribution in [0.5, 0.6) is 0 Å². The first kappa shape index (κ1) is 30.6. The van der Waals surface area contributed by atoms with Crippen molar-refractivity contribution in [1.82, 2.24) is 0 Å². The monoisotopic (exact) mass is 588 g/mol. The van der Waals surface area contributed by atoms with E-state index in [1.54, 1.807) is 44.2 Å². The lowest BCUT2D eigenvalue weighted by atomic mass is 9.49. The summed E-state index contributed by atoms with van der Waals surface area (Å²) in [6, 6.07) is 8.27. The van der Waals surface area contributed by atoms with Gasteiger partial charge in [-0.05, 0) is 50.5 Å². The van der Waals surface area contributed by atoms with E-state index >= 15 is 0 Å². The molecule has 4 N–H and O–H groups in total. The quantitative estimate of drug-likeness (QED) is 0.223. The number of fused-ring (bicyclic) bond motifs is 4. The van der Waals surface area contributed by atoms with Gasteiger partial charge in [-0.1, -0.05) is 25.1 Å². The molecule has 0 bridgehead atoms. The van der Waals surface area contributed by atoms with Gasteiger partial charge in [0.25, 0.3) is 0 Å². The number of hydrogen-bond donors (Lipinski definition) is 4. The molecule has 0 radical (unpaired) electrons. The Balaban J connectivity index is 1.80. The second kappa shape index (κ2) is 10.1. The van der Waals surface area contributed by atoms with Crippen molar-refractivity contribution in [2.75, 3.05) is 6.61 Å². The molecule has 1 heterocycles. The molecule has 1 unspecified atom stereocenters. The number of benzene rings is 1. The first-order chi connectivity index (χ1) is 19.5. The molecule has 0 aromatic heterocycles. The van der Waals surface area contributed by atoms with Crippen molar-refractivity contribution in [3.63, 3.8) is 0 Å². The molecular formula is C31H40O11. The van der Waals surface area contributed by atoms with Crippen LogP contribution in [0.4, 0.5) is 0 Å².